The second kappa shape index (κ2) is 5.90. The van der Waals surface area contributed by atoms with Gasteiger partial charge in [-0.1, -0.05) is 0 Å². The first-order chi connectivity index (χ1) is 10.4. The topological polar surface area (TPSA) is 88.1 Å². The Labute approximate surface area is 133 Å². The van der Waals surface area contributed by atoms with Crippen molar-refractivity contribution in [3.63, 3.8) is 0 Å². The van der Waals surface area contributed by atoms with Gasteiger partial charge < -0.3 is 5.32 Å². The number of hydrogen-bond acceptors (Lipinski definition) is 7. The minimum Gasteiger partial charge on any atom is -0.315 e. The molecule has 0 spiro atoms. The average molecular weight is 339 g/mol. The van der Waals surface area contributed by atoms with Crippen LogP contribution in [0.3, 0.4) is 0 Å². The number of aryl methyl sites for hydroxylation is 1. The molecule has 1 saturated heterocycles. The van der Waals surface area contributed by atoms with Gasteiger partial charge in [0.1, 0.15) is 5.69 Å². The number of nitrogens with one attached hydrogen (secondary N) is 1. The van der Waals surface area contributed by atoms with Gasteiger partial charge in [-0.25, -0.2) is 18.4 Å². The van der Waals surface area contributed by atoms with Crippen LogP contribution in [-0.4, -0.2) is 40.5 Å². The van der Waals surface area contributed by atoms with Crippen LogP contribution in [0.15, 0.2) is 17.8 Å². The molecule has 2 aromatic rings. The maximum absolute atomic E-state index is 11.9. The summed E-state index contributed by atoms with van der Waals surface area (Å²) < 4.78 is 25.4. The lowest BCUT2D eigenvalue weighted by Gasteiger charge is -2.22. The predicted octanol–water partition coefficient (Wildman–Crippen LogP) is 2.08. The minimum atomic E-state index is -3.26. The molecule has 3 heterocycles. The number of rotatable bonds is 4. The molecule has 0 saturated carbocycles. The third-order valence-electron chi connectivity index (χ3n) is 3.52. The molecule has 3 rings (SSSR count). The Morgan fingerprint density at radius 2 is 2.14 bits per heavy atom. The van der Waals surface area contributed by atoms with E-state index in [-0.39, 0.29) is 6.04 Å². The molecule has 1 atom stereocenters. The summed E-state index contributed by atoms with van der Waals surface area (Å²) >= 11 is 1.48. The summed E-state index contributed by atoms with van der Waals surface area (Å²) in [5.74, 6) is 0.567. The second-order valence-electron chi connectivity index (χ2n) is 5.24. The average Bonchev–Trinajstić information content (AvgIpc) is 3.08. The van der Waals surface area contributed by atoms with Gasteiger partial charge >= 0.3 is 0 Å². The molecule has 7 nitrogen and oxygen atoms in total. The molecule has 22 heavy (non-hydrogen) atoms. The lowest BCUT2D eigenvalue weighted by Crippen LogP contribution is -2.30. The Morgan fingerprint density at radius 1 is 1.36 bits per heavy atom. The highest BCUT2D eigenvalue weighted by Gasteiger charge is 2.35. The molecular weight excluding hydrogens is 322 g/mol. The molecule has 1 fully saturated rings. The van der Waals surface area contributed by atoms with E-state index in [9.17, 15) is 8.42 Å². The van der Waals surface area contributed by atoms with Gasteiger partial charge in [0.15, 0.2) is 10.9 Å². The van der Waals surface area contributed by atoms with Gasteiger partial charge in [0.25, 0.3) is 0 Å². The van der Waals surface area contributed by atoms with E-state index in [1.54, 1.807) is 12.4 Å². The molecule has 0 amide bonds. The van der Waals surface area contributed by atoms with Gasteiger partial charge in [-0.15, -0.1) is 11.3 Å². The van der Waals surface area contributed by atoms with Gasteiger partial charge in [-0.2, -0.15) is 4.31 Å². The first-order valence-corrected chi connectivity index (χ1v) is 9.65. The van der Waals surface area contributed by atoms with E-state index in [1.165, 1.54) is 21.9 Å². The van der Waals surface area contributed by atoms with Crippen LogP contribution < -0.4 is 5.32 Å². The zero-order valence-corrected chi connectivity index (χ0v) is 14.0. The molecule has 0 aliphatic carbocycles. The van der Waals surface area contributed by atoms with E-state index in [2.05, 4.69) is 20.3 Å². The highest BCUT2D eigenvalue weighted by Crippen LogP contribution is 2.36. The fraction of sp³-hybridized carbons (Fsp3) is 0.462. The Bertz CT molecular complexity index is 774. The second-order valence-corrected chi connectivity index (χ2v) is 8.03. The highest BCUT2D eigenvalue weighted by atomic mass is 32.2. The summed E-state index contributed by atoms with van der Waals surface area (Å²) in [7, 11) is -3.26. The zero-order chi connectivity index (χ0) is 15.7. The summed E-state index contributed by atoms with van der Waals surface area (Å²) in [5.41, 5.74) is 1.58. The number of thiazole rings is 1. The number of anilines is 2. The quantitative estimate of drug-likeness (QED) is 0.917. The summed E-state index contributed by atoms with van der Waals surface area (Å²) in [4.78, 5) is 13.0. The maximum Gasteiger partial charge on any atom is 0.211 e. The summed E-state index contributed by atoms with van der Waals surface area (Å²) in [6, 6.07) is -0.271. The zero-order valence-electron chi connectivity index (χ0n) is 12.4. The molecule has 0 unspecified atom stereocenters. The molecule has 0 bridgehead atoms. The van der Waals surface area contributed by atoms with Crippen LogP contribution >= 0.6 is 11.3 Å². The molecule has 0 radical (unpaired) electrons. The lowest BCUT2D eigenvalue weighted by molar-refractivity contribution is 0.394. The van der Waals surface area contributed by atoms with E-state index < -0.39 is 10.0 Å². The first kappa shape index (κ1) is 15.3. The van der Waals surface area contributed by atoms with Gasteiger partial charge in [0.2, 0.25) is 10.0 Å². The predicted molar refractivity (Wildman–Crippen MR) is 85.7 cm³/mol. The minimum absolute atomic E-state index is 0.271. The van der Waals surface area contributed by atoms with E-state index in [4.69, 9.17) is 0 Å². The monoisotopic (exact) mass is 339 g/mol. The summed E-state index contributed by atoms with van der Waals surface area (Å²) in [6.07, 6.45) is 5.98. The Morgan fingerprint density at radius 3 is 2.82 bits per heavy atom. The number of nitrogens with zero attached hydrogens (tertiary/aromatic N) is 4. The van der Waals surface area contributed by atoms with Crippen LogP contribution in [0.4, 0.5) is 10.9 Å². The molecule has 9 heteroatoms. The standard InChI is InChI=1S/C13H17N5O2S2/c1-9-8-21-13(16-9)17-12-11(14-5-6-15-12)10-4-3-7-18(10)22(2,19)20/h5-6,8,10H,3-4,7H2,1-2H3,(H,15,16,17)/t10-/m1/s1. The smallest absolute Gasteiger partial charge is 0.211 e. The van der Waals surface area contributed by atoms with Crippen molar-refractivity contribution >= 4 is 32.3 Å². The van der Waals surface area contributed by atoms with Crippen LogP contribution in [0.2, 0.25) is 0 Å². The van der Waals surface area contributed by atoms with Crippen molar-refractivity contribution in [3.8, 4) is 0 Å². The van der Waals surface area contributed by atoms with Crippen molar-refractivity contribution in [2.75, 3.05) is 18.1 Å². The van der Waals surface area contributed by atoms with Crippen LogP contribution in [0, 0.1) is 6.92 Å². The van der Waals surface area contributed by atoms with Crippen LogP contribution in [0.5, 0.6) is 0 Å². The van der Waals surface area contributed by atoms with E-state index >= 15 is 0 Å². The number of hydrogen-bond donors (Lipinski definition) is 1. The maximum atomic E-state index is 11.9. The third-order valence-corrected chi connectivity index (χ3v) is 5.68. The fourth-order valence-corrected chi connectivity index (χ4v) is 4.43. The molecule has 1 aliphatic rings. The lowest BCUT2D eigenvalue weighted by atomic mass is 10.1. The number of sulfonamides is 1. The fourth-order valence-electron chi connectivity index (χ4n) is 2.61. The number of aromatic nitrogens is 3. The SMILES string of the molecule is Cc1csc(Nc2nccnc2[C@H]2CCCN2S(C)(=O)=O)n1. The van der Waals surface area contributed by atoms with E-state index in [1.807, 2.05) is 12.3 Å². The Hall–Kier alpha value is -1.58. The summed E-state index contributed by atoms with van der Waals surface area (Å²) in [6.45, 7) is 2.44. The van der Waals surface area contributed by atoms with Crippen LogP contribution in [0.25, 0.3) is 0 Å². The molecular formula is C13H17N5O2S2. The third kappa shape index (κ3) is 3.11. The molecule has 1 aliphatic heterocycles. The largest absolute Gasteiger partial charge is 0.315 e. The molecule has 118 valence electrons. The first-order valence-electron chi connectivity index (χ1n) is 6.92. The summed E-state index contributed by atoms with van der Waals surface area (Å²) in [5, 5.41) is 5.82. The van der Waals surface area contributed by atoms with E-state index in [0.717, 1.165) is 23.7 Å². The van der Waals surface area contributed by atoms with Gasteiger partial charge in [0.05, 0.1) is 18.0 Å². The molecule has 0 aromatic carbocycles. The van der Waals surface area contributed by atoms with Crippen molar-refractivity contribution in [2.45, 2.75) is 25.8 Å². The normalized spacial score (nSPS) is 19.5. The van der Waals surface area contributed by atoms with Gasteiger partial charge in [-0.05, 0) is 19.8 Å². The Balaban J connectivity index is 1.94. The van der Waals surface area contributed by atoms with Crippen LogP contribution in [0.1, 0.15) is 30.3 Å². The van der Waals surface area contributed by atoms with Crippen LogP contribution in [-0.2, 0) is 10.0 Å². The van der Waals surface area contributed by atoms with Crippen molar-refractivity contribution in [3.05, 3.63) is 29.2 Å². The van der Waals surface area contributed by atoms with Crippen molar-refractivity contribution in [1.82, 2.24) is 19.3 Å². The molecule has 2 aromatic heterocycles. The van der Waals surface area contributed by atoms with Gasteiger partial charge in [0, 0.05) is 24.3 Å². The van der Waals surface area contributed by atoms with Crippen molar-refractivity contribution in [1.29, 1.82) is 0 Å². The highest BCUT2D eigenvalue weighted by molar-refractivity contribution is 7.88. The Kier molecular flexibility index (Phi) is 4.11. The van der Waals surface area contributed by atoms with E-state index in [0.29, 0.717) is 18.1 Å². The molecule has 1 N–H and O–H groups in total. The van der Waals surface area contributed by atoms with Gasteiger partial charge in [-0.3, -0.25) is 4.98 Å². The van der Waals surface area contributed by atoms with Crippen molar-refractivity contribution in [2.24, 2.45) is 0 Å². The van der Waals surface area contributed by atoms with Crippen molar-refractivity contribution < 1.29 is 8.42 Å².